The van der Waals surface area contributed by atoms with Crippen LogP contribution in [-0.2, 0) is 4.79 Å². The molecule has 1 atom stereocenters. The summed E-state index contributed by atoms with van der Waals surface area (Å²) in [5, 5.41) is 2.70. The minimum atomic E-state index is -0.439. The normalized spacial score (nSPS) is 16.8. The lowest BCUT2D eigenvalue weighted by molar-refractivity contribution is -0.120. The van der Waals surface area contributed by atoms with Gasteiger partial charge in [-0.1, -0.05) is 24.3 Å². The van der Waals surface area contributed by atoms with E-state index in [1.807, 2.05) is 29.2 Å². The van der Waals surface area contributed by atoms with Crippen molar-refractivity contribution < 1.29 is 13.9 Å². The molecule has 1 aliphatic heterocycles. The Kier molecular flexibility index (Phi) is 5.06. The molecule has 0 spiro atoms. The number of carbonyl (C=O) groups excluding carboxylic acids is 1. The SMILES string of the molecule is COc1nc2ccccc2nc1N1CCC[C@@H](C(=O)Nc2ccccc2F)C1. The van der Waals surface area contributed by atoms with E-state index in [0.29, 0.717) is 18.2 Å². The van der Waals surface area contributed by atoms with Gasteiger partial charge in [-0.2, -0.15) is 0 Å². The topological polar surface area (TPSA) is 67.4 Å². The van der Waals surface area contributed by atoms with Crippen LogP contribution < -0.4 is 15.0 Å². The molecule has 2 aromatic carbocycles. The largest absolute Gasteiger partial charge is 0.478 e. The number of piperidine rings is 1. The number of benzene rings is 2. The summed E-state index contributed by atoms with van der Waals surface area (Å²) in [6.07, 6.45) is 1.56. The third-order valence-corrected chi connectivity index (χ3v) is 4.94. The average molecular weight is 380 g/mol. The van der Waals surface area contributed by atoms with E-state index >= 15 is 0 Å². The average Bonchev–Trinajstić information content (AvgIpc) is 2.74. The lowest BCUT2D eigenvalue weighted by atomic mass is 9.97. The number of para-hydroxylation sites is 3. The van der Waals surface area contributed by atoms with Crippen LogP contribution in [0.25, 0.3) is 11.0 Å². The maximum absolute atomic E-state index is 13.8. The summed E-state index contributed by atoms with van der Waals surface area (Å²) < 4.78 is 19.3. The minimum absolute atomic E-state index is 0.192. The summed E-state index contributed by atoms with van der Waals surface area (Å²) in [6, 6.07) is 13.8. The Bertz CT molecular complexity index is 1010. The van der Waals surface area contributed by atoms with Gasteiger partial charge in [-0.15, -0.1) is 0 Å². The summed E-state index contributed by atoms with van der Waals surface area (Å²) >= 11 is 0. The number of carbonyl (C=O) groups is 1. The lowest BCUT2D eigenvalue weighted by Gasteiger charge is -2.33. The minimum Gasteiger partial charge on any atom is -0.478 e. The van der Waals surface area contributed by atoms with Gasteiger partial charge in [0, 0.05) is 13.1 Å². The highest BCUT2D eigenvalue weighted by atomic mass is 19.1. The molecule has 4 rings (SSSR count). The van der Waals surface area contributed by atoms with Gasteiger partial charge in [0.15, 0.2) is 5.82 Å². The molecule has 144 valence electrons. The molecular weight excluding hydrogens is 359 g/mol. The standard InChI is InChI=1S/C21H21FN4O2/c1-28-21-19(23-17-10-4-5-11-18(17)25-21)26-12-6-7-14(13-26)20(27)24-16-9-3-2-8-15(16)22/h2-5,8-11,14H,6-7,12-13H2,1H3,(H,24,27)/t14-/m1/s1. The number of rotatable bonds is 4. The Balaban J connectivity index is 1.56. The van der Waals surface area contributed by atoms with Crippen LogP contribution in [0.15, 0.2) is 48.5 Å². The molecule has 0 aliphatic carbocycles. The fraction of sp³-hybridized carbons (Fsp3) is 0.286. The van der Waals surface area contributed by atoms with E-state index in [9.17, 15) is 9.18 Å². The van der Waals surface area contributed by atoms with E-state index in [-0.39, 0.29) is 17.5 Å². The quantitative estimate of drug-likeness (QED) is 0.749. The van der Waals surface area contributed by atoms with Crippen LogP contribution in [0.2, 0.25) is 0 Å². The molecule has 1 amide bonds. The Morgan fingerprint density at radius 3 is 2.61 bits per heavy atom. The zero-order valence-electron chi connectivity index (χ0n) is 15.6. The van der Waals surface area contributed by atoms with E-state index in [0.717, 1.165) is 30.4 Å². The highest BCUT2D eigenvalue weighted by Gasteiger charge is 2.29. The first-order valence-corrected chi connectivity index (χ1v) is 9.27. The summed E-state index contributed by atoms with van der Waals surface area (Å²) in [5.74, 6) is 0.165. The molecular formula is C21H21FN4O2. The maximum Gasteiger partial charge on any atom is 0.257 e. The van der Waals surface area contributed by atoms with Crippen LogP contribution >= 0.6 is 0 Å². The van der Waals surface area contributed by atoms with Crippen molar-refractivity contribution in [2.45, 2.75) is 12.8 Å². The summed E-state index contributed by atoms with van der Waals surface area (Å²) in [4.78, 5) is 24.0. The molecule has 0 bridgehead atoms. The van der Waals surface area contributed by atoms with E-state index in [1.54, 1.807) is 25.3 Å². The van der Waals surface area contributed by atoms with Crippen molar-refractivity contribution in [2.24, 2.45) is 5.92 Å². The van der Waals surface area contributed by atoms with Crippen molar-refractivity contribution in [2.75, 3.05) is 30.4 Å². The third kappa shape index (κ3) is 3.60. The Hall–Kier alpha value is -3.22. The molecule has 6 nitrogen and oxygen atoms in total. The predicted molar refractivity (Wildman–Crippen MR) is 106 cm³/mol. The van der Waals surface area contributed by atoms with E-state index in [2.05, 4.69) is 10.3 Å². The number of aromatic nitrogens is 2. The number of hydrogen-bond donors (Lipinski definition) is 1. The number of amides is 1. The number of halogens is 1. The molecule has 0 unspecified atom stereocenters. The second-order valence-corrected chi connectivity index (χ2v) is 6.80. The smallest absolute Gasteiger partial charge is 0.257 e. The zero-order chi connectivity index (χ0) is 19.5. The van der Waals surface area contributed by atoms with Gasteiger partial charge in [0.05, 0.1) is 29.7 Å². The van der Waals surface area contributed by atoms with E-state index in [1.165, 1.54) is 6.07 Å². The van der Waals surface area contributed by atoms with Crippen LogP contribution in [0.4, 0.5) is 15.9 Å². The van der Waals surface area contributed by atoms with Gasteiger partial charge in [-0.3, -0.25) is 4.79 Å². The van der Waals surface area contributed by atoms with Crippen LogP contribution in [0.1, 0.15) is 12.8 Å². The molecule has 1 N–H and O–H groups in total. The predicted octanol–water partition coefficient (Wildman–Crippen LogP) is 3.63. The Morgan fingerprint density at radius 2 is 1.86 bits per heavy atom. The Morgan fingerprint density at radius 1 is 1.14 bits per heavy atom. The van der Waals surface area contributed by atoms with Gasteiger partial charge >= 0.3 is 0 Å². The molecule has 0 saturated carbocycles. The highest BCUT2D eigenvalue weighted by Crippen LogP contribution is 2.30. The third-order valence-electron chi connectivity index (χ3n) is 4.94. The first kappa shape index (κ1) is 18.2. The second kappa shape index (κ2) is 7.80. The van der Waals surface area contributed by atoms with Crippen molar-refractivity contribution in [3.05, 3.63) is 54.3 Å². The van der Waals surface area contributed by atoms with Crippen molar-refractivity contribution >= 4 is 28.4 Å². The molecule has 1 aliphatic rings. The van der Waals surface area contributed by atoms with Crippen LogP contribution in [0, 0.1) is 11.7 Å². The first-order valence-electron chi connectivity index (χ1n) is 9.27. The van der Waals surface area contributed by atoms with Gasteiger partial charge in [0.25, 0.3) is 5.88 Å². The van der Waals surface area contributed by atoms with Crippen LogP contribution in [0.3, 0.4) is 0 Å². The van der Waals surface area contributed by atoms with Gasteiger partial charge in [-0.25, -0.2) is 14.4 Å². The molecule has 1 aromatic heterocycles. The number of fused-ring (bicyclic) bond motifs is 1. The first-order chi connectivity index (χ1) is 13.7. The van der Waals surface area contributed by atoms with Gasteiger partial charge in [0.1, 0.15) is 5.82 Å². The molecule has 0 radical (unpaired) electrons. The molecule has 3 aromatic rings. The molecule has 28 heavy (non-hydrogen) atoms. The fourth-order valence-electron chi connectivity index (χ4n) is 3.50. The lowest BCUT2D eigenvalue weighted by Crippen LogP contribution is -2.41. The van der Waals surface area contributed by atoms with Crippen molar-refractivity contribution in [1.82, 2.24) is 9.97 Å². The van der Waals surface area contributed by atoms with Crippen LogP contribution in [-0.4, -0.2) is 36.1 Å². The number of nitrogens with zero attached hydrogens (tertiary/aromatic N) is 3. The molecule has 7 heteroatoms. The maximum atomic E-state index is 13.8. The summed E-state index contributed by atoms with van der Waals surface area (Å²) in [7, 11) is 1.56. The molecule has 2 heterocycles. The summed E-state index contributed by atoms with van der Waals surface area (Å²) in [6.45, 7) is 1.23. The van der Waals surface area contributed by atoms with Crippen molar-refractivity contribution in [1.29, 1.82) is 0 Å². The van der Waals surface area contributed by atoms with Crippen molar-refractivity contribution in [3.8, 4) is 5.88 Å². The highest BCUT2D eigenvalue weighted by molar-refractivity contribution is 5.93. The van der Waals surface area contributed by atoms with E-state index < -0.39 is 5.82 Å². The van der Waals surface area contributed by atoms with Gasteiger partial charge in [-0.05, 0) is 37.1 Å². The summed E-state index contributed by atoms with van der Waals surface area (Å²) in [5.41, 5.74) is 1.73. The van der Waals surface area contributed by atoms with Gasteiger partial charge in [0.2, 0.25) is 5.91 Å². The molecule has 1 fully saturated rings. The number of methoxy groups -OCH3 is 1. The number of nitrogens with one attached hydrogen (secondary N) is 1. The van der Waals surface area contributed by atoms with Gasteiger partial charge < -0.3 is 15.0 Å². The van der Waals surface area contributed by atoms with E-state index in [4.69, 9.17) is 9.72 Å². The second-order valence-electron chi connectivity index (χ2n) is 6.80. The Labute approximate surface area is 162 Å². The molecule has 1 saturated heterocycles. The zero-order valence-corrected chi connectivity index (χ0v) is 15.6. The van der Waals surface area contributed by atoms with Crippen LogP contribution in [0.5, 0.6) is 5.88 Å². The number of ether oxygens (including phenoxy) is 1. The van der Waals surface area contributed by atoms with Crippen molar-refractivity contribution in [3.63, 3.8) is 0 Å². The fourth-order valence-corrected chi connectivity index (χ4v) is 3.50. The monoisotopic (exact) mass is 380 g/mol. The number of hydrogen-bond acceptors (Lipinski definition) is 5. The number of anilines is 2.